The third kappa shape index (κ3) is 2.52. The first-order valence-corrected chi connectivity index (χ1v) is 4.82. The van der Waals surface area contributed by atoms with Gasteiger partial charge >= 0.3 is 0 Å². The largest absolute Gasteiger partial charge is 0.512 e. The van der Waals surface area contributed by atoms with Crippen LogP contribution in [0.3, 0.4) is 0 Å². The Hall–Kier alpha value is -2.01. The van der Waals surface area contributed by atoms with Gasteiger partial charge in [0, 0.05) is 6.20 Å². The van der Waals surface area contributed by atoms with Crippen LogP contribution in [-0.4, -0.2) is 20.9 Å². The third-order valence-electron chi connectivity index (χ3n) is 2.07. The number of aliphatic hydroxyl groups excluding tert-OH is 1. The number of pyridine rings is 1. The highest BCUT2D eigenvalue weighted by atomic mass is 16.3. The van der Waals surface area contributed by atoms with Crippen molar-refractivity contribution in [2.24, 2.45) is 10.2 Å². The average molecular weight is 217 g/mol. The molecule has 1 unspecified atom stereocenters. The fourth-order valence-electron chi connectivity index (χ4n) is 1.32. The number of rotatable bonds is 2. The minimum atomic E-state index is -1.48. The van der Waals surface area contributed by atoms with E-state index in [9.17, 15) is 10.2 Å². The van der Waals surface area contributed by atoms with E-state index in [0.717, 1.165) is 0 Å². The minimum absolute atomic E-state index is 0.0276. The molecule has 1 aliphatic rings. The second-order valence-corrected chi connectivity index (χ2v) is 3.46. The molecule has 0 aromatic carbocycles. The number of allylic oxidation sites excluding steroid dienone is 2. The molecule has 1 atom stereocenters. The number of aromatic nitrogens is 1. The molecule has 5 heteroatoms. The Kier molecular flexibility index (Phi) is 2.78. The van der Waals surface area contributed by atoms with Crippen LogP contribution in [-0.2, 0) is 0 Å². The second-order valence-electron chi connectivity index (χ2n) is 3.46. The van der Waals surface area contributed by atoms with Crippen molar-refractivity contribution in [2.75, 3.05) is 0 Å². The van der Waals surface area contributed by atoms with Crippen molar-refractivity contribution in [1.29, 1.82) is 0 Å². The lowest BCUT2D eigenvalue weighted by Crippen LogP contribution is -2.24. The standard InChI is InChI=1S/C11H11N3O2/c15-9-4-3-6-11(16,8-9)14-13-10-5-1-2-7-12-10/h1-7,15-16H,8H2/b14-13+. The minimum Gasteiger partial charge on any atom is -0.512 e. The average Bonchev–Trinajstić information content (AvgIpc) is 2.28. The van der Waals surface area contributed by atoms with Crippen LogP contribution in [0.5, 0.6) is 0 Å². The van der Waals surface area contributed by atoms with E-state index in [1.807, 2.05) is 0 Å². The highest BCUT2D eigenvalue weighted by Crippen LogP contribution is 2.24. The highest BCUT2D eigenvalue weighted by molar-refractivity contribution is 5.25. The first-order chi connectivity index (χ1) is 7.68. The summed E-state index contributed by atoms with van der Waals surface area (Å²) in [5.41, 5.74) is -1.48. The summed E-state index contributed by atoms with van der Waals surface area (Å²) in [5, 5.41) is 26.8. The molecular formula is C11H11N3O2. The Bertz CT molecular complexity index is 454. The lowest BCUT2D eigenvalue weighted by Gasteiger charge is -2.19. The van der Waals surface area contributed by atoms with E-state index in [-0.39, 0.29) is 12.2 Å². The maximum Gasteiger partial charge on any atom is 0.203 e. The van der Waals surface area contributed by atoms with Gasteiger partial charge in [-0.1, -0.05) is 12.1 Å². The predicted octanol–water partition coefficient (Wildman–Crippen LogP) is 2.26. The summed E-state index contributed by atoms with van der Waals surface area (Å²) in [5.74, 6) is 0.489. The fraction of sp³-hybridized carbons (Fsp3) is 0.182. The van der Waals surface area contributed by atoms with Crippen molar-refractivity contribution < 1.29 is 10.2 Å². The van der Waals surface area contributed by atoms with Gasteiger partial charge in [0.25, 0.3) is 0 Å². The molecule has 0 radical (unpaired) electrons. The van der Waals surface area contributed by atoms with Crippen molar-refractivity contribution in [3.63, 3.8) is 0 Å². The van der Waals surface area contributed by atoms with E-state index in [1.54, 1.807) is 24.4 Å². The van der Waals surface area contributed by atoms with Crippen molar-refractivity contribution in [3.8, 4) is 0 Å². The van der Waals surface area contributed by atoms with E-state index < -0.39 is 5.72 Å². The number of azo groups is 1. The van der Waals surface area contributed by atoms with Crippen LogP contribution < -0.4 is 0 Å². The molecule has 1 aromatic heterocycles. The lowest BCUT2D eigenvalue weighted by atomic mass is 10.0. The molecule has 2 N–H and O–H groups in total. The zero-order valence-corrected chi connectivity index (χ0v) is 8.48. The second kappa shape index (κ2) is 4.24. The summed E-state index contributed by atoms with van der Waals surface area (Å²) in [4.78, 5) is 3.94. The van der Waals surface area contributed by atoms with Crippen molar-refractivity contribution in [1.82, 2.24) is 4.98 Å². The Balaban J connectivity index is 2.13. The number of aliphatic hydroxyl groups is 2. The molecule has 0 saturated heterocycles. The molecule has 0 fully saturated rings. The van der Waals surface area contributed by atoms with Crippen LogP contribution in [0.25, 0.3) is 0 Å². The molecule has 5 nitrogen and oxygen atoms in total. The highest BCUT2D eigenvalue weighted by Gasteiger charge is 2.26. The van der Waals surface area contributed by atoms with Crippen molar-refractivity contribution in [2.45, 2.75) is 12.1 Å². The topological polar surface area (TPSA) is 78.1 Å². The summed E-state index contributed by atoms with van der Waals surface area (Å²) >= 11 is 0. The van der Waals surface area contributed by atoms with E-state index in [0.29, 0.717) is 5.82 Å². The van der Waals surface area contributed by atoms with Gasteiger partial charge in [0.2, 0.25) is 5.72 Å². The van der Waals surface area contributed by atoms with Gasteiger partial charge in [0.15, 0.2) is 5.82 Å². The van der Waals surface area contributed by atoms with Crippen LogP contribution in [0.1, 0.15) is 6.42 Å². The Morgan fingerprint density at radius 2 is 2.25 bits per heavy atom. The van der Waals surface area contributed by atoms with E-state index in [2.05, 4.69) is 15.2 Å². The first kappa shape index (κ1) is 10.5. The molecule has 1 aromatic rings. The van der Waals surface area contributed by atoms with Crippen LogP contribution in [0, 0.1) is 0 Å². The van der Waals surface area contributed by atoms with E-state index in [1.165, 1.54) is 18.2 Å². The van der Waals surface area contributed by atoms with Crippen LogP contribution >= 0.6 is 0 Å². The van der Waals surface area contributed by atoms with Gasteiger partial charge < -0.3 is 10.2 Å². The van der Waals surface area contributed by atoms with Gasteiger partial charge in [0.1, 0.15) is 0 Å². The molecule has 16 heavy (non-hydrogen) atoms. The smallest absolute Gasteiger partial charge is 0.203 e. The Morgan fingerprint density at radius 3 is 2.94 bits per heavy atom. The maximum absolute atomic E-state index is 9.93. The van der Waals surface area contributed by atoms with Crippen LogP contribution in [0.2, 0.25) is 0 Å². The SMILES string of the molecule is OC1=CC=CC(O)(/N=N/c2ccccn2)C1. The van der Waals surface area contributed by atoms with E-state index >= 15 is 0 Å². The molecule has 1 aliphatic carbocycles. The third-order valence-corrected chi connectivity index (χ3v) is 2.07. The van der Waals surface area contributed by atoms with E-state index in [4.69, 9.17) is 0 Å². The molecule has 1 heterocycles. The molecule has 0 amide bonds. The van der Waals surface area contributed by atoms with Crippen molar-refractivity contribution in [3.05, 3.63) is 48.4 Å². The Labute approximate surface area is 92.5 Å². The number of nitrogens with zero attached hydrogens (tertiary/aromatic N) is 3. The van der Waals surface area contributed by atoms with Gasteiger partial charge in [-0.25, -0.2) is 4.98 Å². The van der Waals surface area contributed by atoms with Gasteiger partial charge in [-0.05, 0) is 24.3 Å². The van der Waals surface area contributed by atoms with Gasteiger partial charge in [-0.15, -0.1) is 10.2 Å². The molecule has 0 saturated carbocycles. The molecular weight excluding hydrogens is 206 g/mol. The van der Waals surface area contributed by atoms with Gasteiger partial charge in [0.05, 0.1) is 12.2 Å². The monoisotopic (exact) mass is 217 g/mol. The van der Waals surface area contributed by atoms with Gasteiger partial charge in [-0.2, -0.15) is 0 Å². The summed E-state index contributed by atoms with van der Waals surface area (Å²) in [7, 11) is 0. The molecule has 0 spiro atoms. The number of hydrogen-bond acceptors (Lipinski definition) is 5. The lowest BCUT2D eigenvalue weighted by molar-refractivity contribution is 0.0795. The summed E-state index contributed by atoms with van der Waals surface area (Å²) in [6.45, 7) is 0. The summed E-state index contributed by atoms with van der Waals surface area (Å²) < 4.78 is 0. The number of hydrogen-bond donors (Lipinski definition) is 2. The molecule has 82 valence electrons. The van der Waals surface area contributed by atoms with Gasteiger partial charge in [-0.3, -0.25) is 0 Å². The predicted molar refractivity (Wildman–Crippen MR) is 58.2 cm³/mol. The molecule has 0 aliphatic heterocycles. The van der Waals surface area contributed by atoms with Crippen molar-refractivity contribution >= 4 is 5.82 Å². The fourth-order valence-corrected chi connectivity index (χ4v) is 1.32. The summed E-state index contributed by atoms with van der Waals surface area (Å²) in [6, 6.07) is 5.22. The van der Waals surface area contributed by atoms with Crippen LogP contribution in [0.4, 0.5) is 5.82 Å². The normalized spacial score (nSPS) is 24.7. The first-order valence-electron chi connectivity index (χ1n) is 4.82. The maximum atomic E-state index is 9.93. The quantitative estimate of drug-likeness (QED) is 0.746. The summed E-state index contributed by atoms with van der Waals surface area (Å²) in [6.07, 6.45) is 6.13. The molecule has 0 bridgehead atoms. The zero-order valence-electron chi connectivity index (χ0n) is 8.48. The van der Waals surface area contributed by atoms with Crippen LogP contribution in [0.15, 0.2) is 58.6 Å². The molecule has 2 rings (SSSR count). The zero-order chi connectivity index (χ0) is 11.4. The Morgan fingerprint density at radius 1 is 1.38 bits per heavy atom.